The number of anilines is 3. The van der Waals surface area contributed by atoms with Gasteiger partial charge in [0.1, 0.15) is 5.78 Å². The van der Waals surface area contributed by atoms with Crippen molar-refractivity contribution >= 4 is 35.0 Å². The molecule has 0 aliphatic carbocycles. The van der Waals surface area contributed by atoms with E-state index in [9.17, 15) is 4.79 Å². The summed E-state index contributed by atoms with van der Waals surface area (Å²) in [4.78, 5) is 26.6. The highest BCUT2D eigenvalue weighted by Crippen LogP contribution is 2.39. The molecule has 0 radical (unpaired) electrons. The summed E-state index contributed by atoms with van der Waals surface area (Å²) in [6.07, 6.45) is 2.51. The predicted molar refractivity (Wildman–Crippen MR) is 150 cm³/mol. The number of H-pyrrole nitrogens is 1. The molecule has 10 nitrogen and oxygen atoms in total. The molecule has 1 aliphatic rings. The molecule has 11 heteroatoms. The van der Waals surface area contributed by atoms with Gasteiger partial charge in [0.25, 0.3) is 0 Å². The van der Waals surface area contributed by atoms with Gasteiger partial charge in [-0.3, -0.25) is 9.89 Å². The Morgan fingerprint density at radius 3 is 2.55 bits per heavy atom. The number of nitrogens with zero attached hydrogens (tertiary/aromatic N) is 5. The molecule has 3 aromatic rings. The summed E-state index contributed by atoms with van der Waals surface area (Å²) < 4.78 is 11.9. The summed E-state index contributed by atoms with van der Waals surface area (Å²) in [7, 11) is 5.75. The highest BCUT2D eigenvalue weighted by atomic mass is 32.2. The topological polar surface area (TPSA) is 108 Å². The number of hydrogen-bond donors (Lipinski definition) is 2. The van der Waals surface area contributed by atoms with Crippen molar-refractivity contribution < 1.29 is 14.3 Å². The fourth-order valence-electron chi connectivity index (χ4n) is 4.26. The van der Waals surface area contributed by atoms with E-state index in [-0.39, 0.29) is 11.9 Å². The maximum absolute atomic E-state index is 11.5. The van der Waals surface area contributed by atoms with E-state index in [1.165, 1.54) is 11.8 Å². The molecule has 0 amide bonds. The maximum Gasteiger partial charge on any atom is 0.204 e. The summed E-state index contributed by atoms with van der Waals surface area (Å²) in [5.74, 6) is 2.69. The third-order valence-electron chi connectivity index (χ3n) is 6.20. The molecule has 0 unspecified atom stereocenters. The molecular weight excluding hydrogens is 502 g/mol. The molecule has 4 rings (SSSR count). The van der Waals surface area contributed by atoms with Crippen LogP contribution >= 0.6 is 11.8 Å². The van der Waals surface area contributed by atoms with Crippen LogP contribution in [0.5, 0.6) is 5.75 Å². The van der Waals surface area contributed by atoms with Crippen LogP contribution in [0.3, 0.4) is 0 Å². The second-order valence-electron chi connectivity index (χ2n) is 9.76. The number of benzene rings is 1. The number of rotatable bonds is 12. The van der Waals surface area contributed by atoms with E-state index in [2.05, 4.69) is 39.4 Å². The van der Waals surface area contributed by atoms with Crippen LogP contribution in [0, 0.1) is 6.92 Å². The van der Waals surface area contributed by atoms with Crippen LogP contribution in [0.2, 0.25) is 0 Å². The summed E-state index contributed by atoms with van der Waals surface area (Å²) >= 11 is 1.47. The molecule has 1 fully saturated rings. The van der Waals surface area contributed by atoms with Crippen molar-refractivity contribution in [2.45, 2.75) is 49.3 Å². The molecule has 1 saturated heterocycles. The van der Waals surface area contributed by atoms with Crippen molar-refractivity contribution in [1.29, 1.82) is 0 Å². The second-order valence-corrected chi connectivity index (χ2v) is 10.8. The SMILES string of the molecule is COc1c(Nc2cc(C)[nH]n2)nc(Sc2ccc(CC(C)=O)cc2)nc1N1CCC(OCCN(C)C)CC1. The average molecular weight is 540 g/mol. The minimum atomic E-state index is 0.143. The zero-order valence-electron chi connectivity index (χ0n) is 22.8. The van der Waals surface area contributed by atoms with Crippen LogP contribution in [0.1, 0.15) is 31.0 Å². The third-order valence-corrected chi connectivity index (χ3v) is 7.08. The first-order chi connectivity index (χ1) is 18.3. The van der Waals surface area contributed by atoms with Crippen molar-refractivity contribution in [2.24, 2.45) is 0 Å². The molecule has 2 aromatic heterocycles. The Morgan fingerprint density at radius 1 is 1.21 bits per heavy atom. The molecule has 0 saturated carbocycles. The number of Topliss-reactive ketones (excluding diaryl/α,β-unsaturated/α-hetero) is 1. The molecule has 1 aromatic carbocycles. The highest BCUT2D eigenvalue weighted by Gasteiger charge is 2.26. The van der Waals surface area contributed by atoms with E-state index >= 15 is 0 Å². The number of likely N-dealkylation sites (N-methyl/N-ethyl adjacent to an activating group) is 1. The van der Waals surface area contributed by atoms with Crippen LogP contribution in [0.25, 0.3) is 0 Å². The van der Waals surface area contributed by atoms with Gasteiger partial charge in [0.15, 0.2) is 22.6 Å². The highest BCUT2D eigenvalue weighted by molar-refractivity contribution is 7.99. The normalized spacial score (nSPS) is 14.2. The second kappa shape index (κ2) is 13.1. The van der Waals surface area contributed by atoms with Gasteiger partial charge in [-0.05, 0) is 70.2 Å². The van der Waals surface area contributed by atoms with Gasteiger partial charge in [0.2, 0.25) is 5.75 Å². The summed E-state index contributed by atoms with van der Waals surface area (Å²) in [5, 5.41) is 11.2. The van der Waals surface area contributed by atoms with E-state index in [1.54, 1.807) is 14.0 Å². The first-order valence-corrected chi connectivity index (χ1v) is 13.6. The molecule has 2 N–H and O–H groups in total. The number of hydrogen-bond acceptors (Lipinski definition) is 10. The van der Waals surface area contributed by atoms with Crippen molar-refractivity contribution in [3.8, 4) is 5.75 Å². The minimum Gasteiger partial charge on any atom is -0.490 e. The summed E-state index contributed by atoms with van der Waals surface area (Å²) in [6.45, 7) is 6.82. The van der Waals surface area contributed by atoms with Crippen LogP contribution in [0.4, 0.5) is 17.5 Å². The number of carbonyl (C=O) groups is 1. The van der Waals surface area contributed by atoms with Gasteiger partial charge < -0.3 is 24.6 Å². The fraction of sp³-hybridized carbons (Fsp3) is 0.481. The lowest BCUT2D eigenvalue weighted by molar-refractivity contribution is -0.116. The molecular formula is C27H37N7O3S. The van der Waals surface area contributed by atoms with E-state index in [1.807, 2.05) is 37.3 Å². The molecule has 0 spiro atoms. The maximum atomic E-state index is 11.5. The number of aromatic nitrogens is 4. The number of methoxy groups -OCH3 is 1. The Morgan fingerprint density at radius 2 is 1.95 bits per heavy atom. The molecule has 204 valence electrons. The first kappa shape index (κ1) is 27.9. The monoisotopic (exact) mass is 539 g/mol. The fourth-order valence-corrected chi connectivity index (χ4v) is 5.01. The molecule has 3 heterocycles. The summed E-state index contributed by atoms with van der Waals surface area (Å²) in [5.41, 5.74) is 1.93. The van der Waals surface area contributed by atoms with Crippen molar-refractivity contribution in [2.75, 3.05) is 57.7 Å². The van der Waals surface area contributed by atoms with Crippen LogP contribution in [-0.2, 0) is 16.0 Å². The van der Waals surface area contributed by atoms with Gasteiger partial charge in [0, 0.05) is 42.7 Å². The number of aromatic amines is 1. The van der Waals surface area contributed by atoms with Gasteiger partial charge in [0.05, 0.1) is 19.8 Å². The number of carbonyl (C=O) groups excluding carboxylic acids is 1. The van der Waals surface area contributed by atoms with Gasteiger partial charge in [-0.2, -0.15) is 5.10 Å². The lowest BCUT2D eigenvalue weighted by Gasteiger charge is -2.34. The standard InChI is InChI=1S/C27H37N7O3S/c1-18-16-23(32-31-18)28-25-24(36-5)26(34-12-10-21(11-13-34)37-15-14-33(3)4)30-27(29-25)38-22-8-6-20(7-9-22)17-19(2)35/h6-9,16,21H,10-15,17H2,1-5H3,(H2,28,29,30,31,32). The van der Waals surface area contributed by atoms with Crippen molar-refractivity contribution in [3.05, 3.63) is 41.6 Å². The summed E-state index contributed by atoms with van der Waals surface area (Å²) in [6, 6.07) is 9.86. The molecule has 0 atom stereocenters. The smallest absolute Gasteiger partial charge is 0.204 e. The zero-order valence-corrected chi connectivity index (χ0v) is 23.6. The number of piperidine rings is 1. The van der Waals surface area contributed by atoms with Gasteiger partial charge in [-0.15, -0.1) is 0 Å². The van der Waals surface area contributed by atoms with Gasteiger partial charge in [-0.25, -0.2) is 9.97 Å². The Balaban J connectivity index is 1.57. The zero-order chi connectivity index (χ0) is 27.1. The largest absolute Gasteiger partial charge is 0.490 e. The lowest BCUT2D eigenvalue weighted by atomic mass is 10.1. The van der Waals surface area contributed by atoms with E-state index in [0.717, 1.165) is 61.1 Å². The number of nitrogens with one attached hydrogen (secondary N) is 2. The third kappa shape index (κ3) is 7.68. The Labute approximate surface area is 228 Å². The molecule has 38 heavy (non-hydrogen) atoms. The number of aryl methyl sites for hydroxylation is 1. The van der Waals surface area contributed by atoms with Gasteiger partial charge >= 0.3 is 0 Å². The quantitative estimate of drug-likeness (QED) is 0.327. The lowest BCUT2D eigenvalue weighted by Crippen LogP contribution is -2.38. The number of ketones is 1. The van der Waals surface area contributed by atoms with Crippen LogP contribution in [0.15, 0.2) is 40.4 Å². The Hall–Kier alpha value is -3.15. The van der Waals surface area contributed by atoms with Gasteiger partial charge in [-0.1, -0.05) is 12.1 Å². The van der Waals surface area contributed by atoms with E-state index in [0.29, 0.717) is 29.0 Å². The molecule has 0 bridgehead atoms. The van der Waals surface area contributed by atoms with Crippen LogP contribution < -0.4 is 15.0 Å². The van der Waals surface area contributed by atoms with Crippen molar-refractivity contribution in [1.82, 2.24) is 25.1 Å². The van der Waals surface area contributed by atoms with E-state index < -0.39 is 0 Å². The van der Waals surface area contributed by atoms with E-state index in [4.69, 9.17) is 19.4 Å². The predicted octanol–water partition coefficient (Wildman–Crippen LogP) is 4.09. The first-order valence-electron chi connectivity index (χ1n) is 12.8. The van der Waals surface area contributed by atoms with Crippen molar-refractivity contribution in [3.63, 3.8) is 0 Å². The number of ether oxygens (including phenoxy) is 2. The Kier molecular flexibility index (Phi) is 9.59. The van der Waals surface area contributed by atoms with Crippen LogP contribution in [-0.4, -0.2) is 84.4 Å². The average Bonchev–Trinajstić information content (AvgIpc) is 3.29. The minimum absolute atomic E-state index is 0.143. The Bertz CT molecular complexity index is 1210. The molecule has 1 aliphatic heterocycles.